The molecule has 0 radical (unpaired) electrons. The Hall–Kier alpha value is -1.26. The third-order valence-corrected chi connectivity index (χ3v) is 3.72. The van der Waals surface area contributed by atoms with E-state index in [1.54, 1.807) is 0 Å². The van der Waals surface area contributed by atoms with Gasteiger partial charge in [0.25, 0.3) is 0 Å². The van der Waals surface area contributed by atoms with E-state index >= 15 is 0 Å². The molecule has 0 atom stereocenters. The van der Waals surface area contributed by atoms with E-state index in [0.717, 1.165) is 25.7 Å². The molecule has 5 nitrogen and oxygen atoms in total. The first kappa shape index (κ1) is 15.8. The fourth-order valence-electron chi connectivity index (χ4n) is 2.29. The molecule has 0 heterocycles. The summed E-state index contributed by atoms with van der Waals surface area (Å²) in [5.41, 5.74) is -0.0149. The third kappa shape index (κ3) is 5.94. The van der Waals surface area contributed by atoms with E-state index < -0.39 is 5.97 Å². The second-order valence-corrected chi connectivity index (χ2v) is 6.84. The van der Waals surface area contributed by atoms with Gasteiger partial charge in [0, 0.05) is 13.1 Å². The first-order valence-corrected chi connectivity index (χ1v) is 6.96. The second kappa shape index (κ2) is 6.26. The maximum atomic E-state index is 11.6. The van der Waals surface area contributed by atoms with E-state index in [9.17, 15) is 9.59 Å². The average Bonchev–Trinajstić information content (AvgIpc) is 2.19. The molecule has 0 aliphatic heterocycles. The van der Waals surface area contributed by atoms with Gasteiger partial charge in [0.1, 0.15) is 0 Å². The number of hydrogen-bond acceptors (Lipinski definition) is 2. The van der Waals surface area contributed by atoms with Crippen LogP contribution in [-0.2, 0) is 4.79 Å². The number of urea groups is 1. The molecule has 1 fully saturated rings. The van der Waals surface area contributed by atoms with Gasteiger partial charge in [-0.05, 0) is 30.1 Å². The van der Waals surface area contributed by atoms with E-state index in [2.05, 4.69) is 31.4 Å². The van der Waals surface area contributed by atoms with Crippen LogP contribution in [0, 0.1) is 10.8 Å². The first-order valence-electron chi connectivity index (χ1n) is 6.96. The second-order valence-electron chi connectivity index (χ2n) is 6.84. The lowest BCUT2D eigenvalue weighted by atomic mass is 9.66. The van der Waals surface area contributed by atoms with Crippen molar-refractivity contribution >= 4 is 12.0 Å². The molecule has 3 N–H and O–H groups in total. The molecule has 0 saturated heterocycles. The number of nitrogens with one attached hydrogen (secondary N) is 2. The molecule has 0 aromatic carbocycles. The Kier molecular flexibility index (Phi) is 5.20. The number of carbonyl (C=O) groups excluding carboxylic acids is 1. The van der Waals surface area contributed by atoms with Crippen LogP contribution in [0.2, 0.25) is 0 Å². The zero-order valence-corrected chi connectivity index (χ0v) is 12.2. The van der Waals surface area contributed by atoms with Crippen molar-refractivity contribution in [3.63, 3.8) is 0 Å². The Balaban J connectivity index is 2.24. The van der Waals surface area contributed by atoms with Crippen molar-refractivity contribution in [3.05, 3.63) is 0 Å². The molecule has 0 aromatic heterocycles. The summed E-state index contributed by atoms with van der Waals surface area (Å²) < 4.78 is 0. The van der Waals surface area contributed by atoms with Crippen molar-refractivity contribution < 1.29 is 14.7 Å². The van der Waals surface area contributed by atoms with Crippen molar-refractivity contribution in [1.82, 2.24) is 10.6 Å². The SMILES string of the molecule is CC(C)(C)CCNC(=O)NCC1(CC(=O)O)CCC1. The van der Waals surface area contributed by atoms with Gasteiger partial charge in [0.05, 0.1) is 6.42 Å². The Morgan fingerprint density at radius 3 is 2.26 bits per heavy atom. The summed E-state index contributed by atoms with van der Waals surface area (Å²) >= 11 is 0. The van der Waals surface area contributed by atoms with Crippen LogP contribution in [0.4, 0.5) is 4.79 Å². The van der Waals surface area contributed by atoms with Crippen molar-refractivity contribution in [2.24, 2.45) is 10.8 Å². The highest BCUT2D eigenvalue weighted by Crippen LogP contribution is 2.43. The van der Waals surface area contributed by atoms with E-state index in [1.807, 2.05) is 0 Å². The third-order valence-electron chi connectivity index (χ3n) is 3.72. The smallest absolute Gasteiger partial charge is 0.314 e. The minimum absolute atomic E-state index is 0.148. The van der Waals surface area contributed by atoms with Gasteiger partial charge in [0.2, 0.25) is 0 Å². The molecule has 19 heavy (non-hydrogen) atoms. The summed E-state index contributed by atoms with van der Waals surface area (Å²) in [5, 5.41) is 14.5. The minimum atomic E-state index is -0.783. The molecular formula is C14H26N2O3. The quantitative estimate of drug-likeness (QED) is 0.693. The van der Waals surface area contributed by atoms with Gasteiger partial charge in [-0.3, -0.25) is 4.79 Å². The number of aliphatic carboxylic acids is 1. The van der Waals surface area contributed by atoms with Crippen LogP contribution in [0.3, 0.4) is 0 Å². The number of carboxylic acids is 1. The zero-order chi connectivity index (χ0) is 14.5. The van der Waals surface area contributed by atoms with Crippen LogP contribution >= 0.6 is 0 Å². The lowest BCUT2D eigenvalue weighted by molar-refractivity contribution is -0.141. The lowest BCUT2D eigenvalue weighted by Crippen LogP contribution is -2.46. The summed E-state index contributed by atoms with van der Waals surface area (Å²) in [4.78, 5) is 22.4. The Bertz CT molecular complexity index is 330. The number of hydrogen-bond donors (Lipinski definition) is 3. The Labute approximate surface area is 115 Å². The summed E-state index contributed by atoms with van der Waals surface area (Å²) in [7, 11) is 0. The van der Waals surface area contributed by atoms with E-state index in [0.29, 0.717) is 13.1 Å². The van der Waals surface area contributed by atoms with Crippen LogP contribution in [0.25, 0.3) is 0 Å². The highest BCUT2D eigenvalue weighted by Gasteiger charge is 2.39. The first-order chi connectivity index (χ1) is 8.72. The normalized spacial score (nSPS) is 17.4. The molecule has 1 aliphatic carbocycles. The van der Waals surface area contributed by atoms with Gasteiger partial charge < -0.3 is 15.7 Å². The summed E-state index contributed by atoms with van der Waals surface area (Å²) in [6.07, 6.45) is 3.90. The molecular weight excluding hydrogens is 244 g/mol. The predicted octanol–water partition coefficient (Wildman–Crippen LogP) is 2.37. The molecule has 5 heteroatoms. The van der Waals surface area contributed by atoms with Crippen LogP contribution in [-0.4, -0.2) is 30.2 Å². The predicted molar refractivity (Wildman–Crippen MR) is 74.0 cm³/mol. The fourth-order valence-corrected chi connectivity index (χ4v) is 2.29. The summed E-state index contributed by atoms with van der Waals surface area (Å²) in [5.74, 6) is -0.783. The highest BCUT2D eigenvalue weighted by molar-refractivity contribution is 5.74. The van der Waals surface area contributed by atoms with Crippen molar-refractivity contribution in [2.45, 2.75) is 52.9 Å². The molecule has 2 amide bonds. The van der Waals surface area contributed by atoms with Gasteiger partial charge >= 0.3 is 12.0 Å². The Morgan fingerprint density at radius 1 is 1.21 bits per heavy atom. The fraction of sp³-hybridized carbons (Fsp3) is 0.857. The van der Waals surface area contributed by atoms with Crippen molar-refractivity contribution in [2.75, 3.05) is 13.1 Å². The number of rotatable bonds is 6. The Morgan fingerprint density at radius 2 is 1.84 bits per heavy atom. The van der Waals surface area contributed by atoms with Crippen LogP contribution in [0.15, 0.2) is 0 Å². The molecule has 110 valence electrons. The van der Waals surface area contributed by atoms with E-state index in [1.165, 1.54) is 0 Å². The molecule has 1 rings (SSSR count). The van der Waals surface area contributed by atoms with Gasteiger partial charge in [-0.2, -0.15) is 0 Å². The van der Waals surface area contributed by atoms with E-state index in [-0.39, 0.29) is 23.3 Å². The molecule has 0 unspecified atom stereocenters. The van der Waals surface area contributed by atoms with Crippen molar-refractivity contribution in [1.29, 1.82) is 0 Å². The average molecular weight is 270 g/mol. The number of carbonyl (C=O) groups is 2. The molecule has 1 aliphatic rings. The van der Waals surface area contributed by atoms with Gasteiger partial charge in [-0.25, -0.2) is 4.79 Å². The molecule has 1 saturated carbocycles. The topological polar surface area (TPSA) is 78.4 Å². The molecule has 0 bridgehead atoms. The van der Waals surface area contributed by atoms with Crippen molar-refractivity contribution in [3.8, 4) is 0 Å². The summed E-state index contributed by atoms with van der Waals surface area (Å²) in [6.45, 7) is 7.48. The monoisotopic (exact) mass is 270 g/mol. The highest BCUT2D eigenvalue weighted by atomic mass is 16.4. The zero-order valence-electron chi connectivity index (χ0n) is 12.2. The van der Waals surface area contributed by atoms with Crippen LogP contribution in [0.1, 0.15) is 52.9 Å². The number of amides is 2. The van der Waals surface area contributed by atoms with Crippen LogP contribution in [0.5, 0.6) is 0 Å². The standard InChI is InChI=1S/C14H26N2O3/c1-13(2,3)7-8-15-12(19)16-10-14(5-4-6-14)9-11(17)18/h4-10H2,1-3H3,(H,17,18)(H2,15,16,19). The molecule has 0 spiro atoms. The number of carboxylic acid groups (broad SMARTS) is 1. The van der Waals surface area contributed by atoms with E-state index in [4.69, 9.17) is 5.11 Å². The largest absolute Gasteiger partial charge is 0.481 e. The van der Waals surface area contributed by atoms with Crippen LogP contribution < -0.4 is 10.6 Å². The van der Waals surface area contributed by atoms with Gasteiger partial charge in [-0.1, -0.05) is 27.2 Å². The van der Waals surface area contributed by atoms with Gasteiger partial charge in [-0.15, -0.1) is 0 Å². The molecule has 0 aromatic rings. The summed E-state index contributed by atoms with van der Waals surface area (Å²) in [6, 6.07) is -0.194. The minimum Gasteiger partial charge on any atom is -0.481 e. The maximum absolute atomic E-state index is 11.6. The maximum Gasteiger partial charge on any atom is 0.314 e. The lowest BCUT2D eigenvalue weighted by Gasteiger charge is -2.40. The van der Waals surface area contributed by atoms with Gasteiger partial charge in [0.15, 0.2) is 0 Å².